The van der Waals surface area contributed by atoms with Crippen molar-refractivity contribution < 1.29 is 9.90 Å². The Morgan fingerprint density at radius 2 is 2.33 bits per heavy atom. The van der Waals surface area contributed by atoms with Crippen molar-refractivity contribution in [1.82, 2.24) is 10.3 Å². The third kappa shape index (κ3) is 5.12. The van der Waals surface area contributed by atoms with E-state index in [0.29, 0.717) is 19.5 Å². The van der Waals surface area contributed by atoms with E-state index in [1.807, 2.05) is 25.3 Å². The van der Waals surface area contributed by atoms with Crippen LogP contribution in [-0.4, -0.2) is 22.6 Å². The van der Waals surface area contributed by atoms with Gasteiger partial charge in [-0.3, -0.25) is 9.78 Å². The van der Waals surface area contributed by atoms with E-state index < -0.39 is 5.97 Å². The van der Waals surface area contributed by atoms with Crippen LogP contribution in [0.1, 0.15) is 24.1 Å². The van der Waals surface area contributed by atoms with E-state index in [9.17, 15) is 4.79 Å². The molecule has 0 aliphatic heterocycles. The molecule has 0 aliphatic carbocycles. The molecule has 0 aromatic carbocycles. The van der Waals surface area contributed by atoms with Crippen molar-refractivity contribution in [3.8, 4) is 0 Å². The molecule has 0 fully saturated rings. The summed E-state index contributed by atoms with van der Waals surface area (Å²) in [6.07, 6.45) is 2.70. The number of hydrogen-bond acceptors (Lipinski definition) is 3. The molecule has 4 heteroatoms. The van der Waals surface area contributed by atoms with Crippen LogP contribution in [0.4, 0.5) is 0 Å². The number of carboxylic acid groups (broad SMARTS) is 1. The monoisotopic (exact) mass is 208 g/mol. The molecule has 82 valence electrons. The van der Waals surface area contributed by atoms with E-state index in [-0.39, 0.29) is 6.42 Å². The van der Waals surface area contributed by atoms with Crippen LogP contribution in [0.15, 0.2) is 18.3 Å². The lowest BCUT2D eigenvalue weighted by Gasteiger charge is -2.03. The zero-order chi connectivity index (χ0) is 11.1. The molecule has 15 heavy (non-hydrogen) atoms. The first-order valence-electron chi connectivity index (χ1n) is 5.02. The van der Waals surface area contributed by atoms with Gasteiger partial charge in [-0.2, -0.15) is 0 Å². The van der Waals surface area contributed by atoms with Gasteiger partial charge in [-0.1, -0.05) is 6.07 Å². The Morgan fingerprint density at radius 1 is 1.53 bits per heavy atom. The first-order valence-corrected chi connectivity index (χ1v) is 5.02. The minimum atomic E-state index is -0.745. The van der Waals surface area contributed by atoms with Gasteiger partial charge >= 0.3 is 5.97 Å². The van der Waals surface area contributed by atoms with E-state index in [1.54, 1.807) is 0 Å². The average Bonchev–Trinajstić information content (AvgIpc) is 2.20. The third-order valence-corrected chi connectivity index (χ3v) is 2.02. The molecule has 1 rings (SSSR count). The largest absolute Gasteiger partial charge is 0.481 e. The summed E-state index contributed by atoms with van der Waals surface area (Å²) in [6.45, 7) is 3.40. The second kappa shape index (κ2) is 6.14. The molecule has 0 radical (unpaired) electrons. The van der Waals surface area contributed by atoms with Gasteiger partial charge in [0.15, 0.2) is 0 Å². The molecular formula is C11H16N2O2. The minimum absolute atomic E-state index is 0.217. The number of carbonyl (C=O) groups is 1. The highest BCUT2D eigenvalue weighted by molar-refractivity contribution is 5.66. The van der Waals surface area contributed by atoms with E-state index in [2.05, 4.69) is 10.3 Å². The molecule has 0 aliphatic rings. The first-order chi connectivity index (χ1) is 7.18. The van der Waals surface area contributed by atoms with Gasteiger partial charge in [0.25, 0.3) is 0 Å². The zero-order valence-corrected chi connectivity index (χ0v) is 8.86. The van der Waals surface area contributed by atoms with Crippen molar-refractivity contribution in [2.24, 2.45) is 0 Å². The molecule has 1 aromatic heterocycles. The Hall–Kier alpha value is -1.42. The molecule has 1 heterocycles. The van der Waals surface area contributed by atoms with Crippen molar-refractivity contribution in [3.05, 3.63) is 29.6 Å². The van der Waals surface area contributed by atoms with Gasteiger partial charge in [0.2, 0.25) is 0 Å². The van der Waals surface area contributed by atoms with E-state index in [4.69, 9.17) is 5.11 Å². The smallest absolute Gasteiger partial charge is 0.303 e. The highest BCUT2D eigenvalue weighted by Crippen LogP contribution is 1.97. The third-order valence-electron chi connectivity index (χ3n) is 2.02. The number of hydrogen-bond donors (Lipinski definition) is 2. The van der Waals surface area contributed by atoms with Crippen LogP contribution in [0.3, 0.4) is 0 Å². The maximum Gasteiger partial charge on any atom is 0.303 e. The molecule has 0 amide bonds. The van der Waals surface area contributed by atoms with E-state index >= 15 is 0 Å². The quantitative estimate of drug-likeness (QED) is 0.693. The Labute approximate surface area is 89.3 Å². The molecule has 1 aromatic rings. The standard InChI is InChI=1S/C11H16N2O2/c1-9-4-5-10(13-7-9)8-12-6-2-3-11(14)15/h4-5,7,12H,2-3,6,8H2,1H3,(H,14,15). The number of rotatable bonds is 6. The Bertz CT molecular complexity index is 309. The number of aliphatic carboxylic acids is 1. The zero-order valence-electron chi connectivity index (χ0n) is 8.86. The van der Waals surface area contributed by atoms with Crippen LogP contribution in [0.25, 0.3) is 0 Å². The second-order valence-corrected chi connectivity index (χ2v) is 3.50. The van der Waals surface area contributed by atoms with Gasteiger partial charge in [0.1, 0.15) is 0 Å². The normalized spacial score (nSPS) is 10.2. The topological polar surface area (TPSA) is 62.2 Å². The van der Waals surface area contributed by atoms with Crippen LogP contribution in [0, 0.1) is 6.92 Å². The number of aryl methyl sites for hydroxylation is 1. The number of nitrogens with one attached hydrogen (secondary N) is 1. The Balaban J connectivity index is 2.15. The van der Waals surface area contributed by atoms with E-state index in [0.717, 1.165) is 11.3 Å². The van der Waals surface area contributed by atoms with Gasteiger partial charge in [0.05, 0.1) is 5.69 Å². The van der Waals surface area contributed by atoms with E-state index in [1.165, 1.54) is 0 Å². The van der Waals surface area contributed by atoms with Gasteiger partial charge in [-0.25, -0.2) is 0 Å². The van der Waals surface area contributed by atoms with Crippen LogP contribution in [0.2, 0.25) is 0 Å². The SMILES string of the molecule is Cc1ccc(CNCCCC(=O)O)nc1. The molecule has 0 atom stereocenters. The summed E-state index contributed by atoms with van der Waals surface area (Å²) in [5.74, 6) is -0.745. The highest BCUT2D eigenvalue weighted by atomic mass is 16.4. The van der Waals surface area contributed by atoms with Crippen molar-refractivity contribution >= 4 is 5.97 Å². The summed E-state index contributed by atoms with van der Waals surface area (Å²) in [7, 11) is 0. The second-order valence-electron chi connectivity index (χ2n) is 3.50. The molecule has 0 saturated heterocycles. The maximum absolute atomic E-state index is 10.2. The lowest BCUT2D eigenvalue weighted by Crippen LogP contribution is -2.16. The molecule has 0 unspecified atom stereocenters. The molecule has 0 saturated carbocycles. The van der Waals surface area contributed by atoms with Crippen LogP contribution in [0.5, 0.6) is 0 Å². The van der Waals surface area contributed by atoms with Gasteiger partial charge in [-0.05, 0) is 31.5 Å². The fourth-order valence-corrected chi connectivity index (χ4v) is 1.18. The van der Waals surface area contributed by atoms with Gasteiger partial charge in [-0.15, -0.1) is 0 Å². The number of nitrogens with zero attached hydrogens (tertiary/aromatic N) is 1. The molecule has 0 bridgehead atoms. The highest BCUT2D eigenvalue weighted by Gasteiger charge is 1.96. The molecule has 4 nitrogen and oxygen atoms in total. The van der Waals surface area contributed by atoms with Crippen molar-refractivity contribution in [3.63, 3.8) is 0 Å². The van der Waals surface area contributed by atoms with Crippen molar-refractivity contribution in [2.45, 2.75) is 26.3 Å². The number of carboxylic acids is 1. The fourth-order valence-electron chi connectivity index (χ4n) is 1.18. The van der Waals surface area contributed by atoms with Crippen molar-refractivity contribution in [2.75, 3.05) is 6.54 Å². The lowest BCUT2D eigenvalue weighted by atomic mass is 10.2. The predicted molar refractivity (Wildman–Crippen MR) is 57.6 cm³/mol. The maximum atomic E-state index is 10.2. The summed E-state index contributed by atoms with van der Waals surface area (Å²) in [5.41, 5.74) is 2.13. The Kier molecular flexibility index (Phi) is 4.77. The summed E-state index contributed by atoms with van der Waals surface area (Å²) in [6, 6.07) is 3.99. The summed E-state index contributed by atoms with van der Waals surface area (Å²) in [5, 5.41) is 11.6. The summed E-state index contributed by atoms with van der Waals surface area (Å²) >= 11 is 0. The first kappa shape index (κ1) is 11.7. The van der Waals surface area contributed by atoms with Gasteiger partial charge in [0, 0.05) is 19.2 Å². The van der Waals surface area contributed by atoms with Crippen LogP contribution < -0.4 is 5.32 Å². The number of aromatic nitrogens is 1. The Morgan fingerprint density at radius 3 is 2.93 bits per heavy atom. The average molecular weight is 208 g/mol. The predicted octanol–water partition coefficient (Wildman–Crippen LogP) is 1.34. The van der Waals surface area contributed by atoms with Crippen LogP contribution in [-0.2, 0) is 11.3 Å². The summed E-state index contributed by atoms with van der Waals surface area (Å²) < 4.78 is 0. The molecule has 2 N–H and O–H groups in total. The summed E-state index contributed by atoms with van der Waals surface area (Å²) in [4.78, 5) is 14.5. The van der Waals surface area contributed by atoms with Crippen LogP contribution >= 0.6 is 0 Å². The van der Waals surface area contributed by atoms with Gasteiger partial charge < -0.3 is 10.4 Å². The molecular weight excluding hydrogens is 192 g/mol. The number of pyridine rings is 1. The van der Waals surface area contributed by atoms with Crippen molar-refractivity contribution in [1.29, 1.82) is 0 Å². The lowest BCUT2D eigenvalue weighted by molar-refractivity contribution is -0.137. The molecule has 0 spiro atoms. The fraction of sp³-hybridized carbons (Fsp3) is 0.455. The minimum Gasteiger partial charge on any atom is -0.481 e.